The van der Waals surface area contributed by atoms with E-state index in [0.717, 1.165) is 18.4 Å². The number of benzene rings is 1. The zero-order valence-corrected chi connectivity index (χ0v) is 11.7. The van der Waals surface area contributed by atoms with Crippen molar-refractivity contribution in [1.29, 1.82) is 0 Å². The molecule has 0 radical (unpaired) electrons. The van der Waals surface area contributed by atoms with Gasteiger partial charge in [0, 0.05) is 10.9 Å². The summed E-state index contributed by atoms with van der Waals surface area (Å²) in [5, 5.41) is 5.52. The molecule has 4 heteroatoms. The summed E-state index contributed by atoms with van der Waals surface area (Å²) >= 11 is 7.58. The van der Waals surface area contributed by atoms with Crippen LogP contribution < -0.4 is 5.32 Å². The molecule has 0 aliphatic heterocycles. The molecule has 1 N–H and O–H groups in total. The van der Waals surface area contributed by atoms with Crippen molar-refractivity contribution in [2.24, 2.45) is 0 Å². The zero-order valence-electron chi connectivity index (χ0n) is 10.1. The molecule has 2 rings (SSSR count). The zero-order chi connectivity index (χ0) is 13.0. The molecular weight excluding hydrogens is 269 g/mol. The van der Waals surface area contributed by atoms with Crippen molar-refractivity contribution in [2.45, 2.75) is 18.9 Å². The number of hydrogen-bond donors (Lipinski definition) is 1. The first-order valence-corrected chi connectivity index (χ1v) is 7.11. The smallest absolute Gasteiger partial charge is 0.141 e. The minimum Gasteiger partial charge on any atom is -0.313 e. The second-order valence-corrected chi connectivity index (χ2v) is 5.57. The third-order valence-electron chi connectivity index (χ3n) is 2.95. The number of hydrogen-bond acceptors (Lipinski definition) is 2. The maximum absolute atomic E-state index is 13.1. The van der Waals surface area contributed by atoms with Crippen LogP contribution >= 0.6 is 22.9 Å². The second kappa shape index (κ2) is 6.32. The van der Waals surface area contributed by atoms with Crippen molar-refractivity contribution in [1.82, 2.24) is 5.32 Å². The molecular formula is C14H15ClFNS. The highest BCUT2D eigenvalue weighted by atomic mass is 35.5. The van der Waals surface area contributed by atoms with Gasteiger partial charge in [-0.15, -0.1) is 11.3 Å². The fourth-order valence-electron chi connectivity index (χ4n) is 1.95. The third kappa shape index (κ3) is 3.31. The van der Waals surface area contributed by atoms with Gasteiger partial charge in [0.25, 0.3) is 0 Å². The van der Waals surface area contributed by atoms with Crippen molar-refractivity contribution in [3.05, 3.63) is 57.0 Å². The molecule has 18 heavy (non-hydrogen) atoms. The molecule has 0 fully saturated rings. The molecule has 1 aromatic heterocycles. The summed E-state index contributed by atoms with van der Waals surface area (Å²) in [5.74, 6) is -0.367. The van der Waals surface area contributed by atoms with Crippen LogP contribution in [0.25, 0.3) is 0 Å². The van der Waals surface area contributed by atoms with Gasteiger partial charge in [0.05, 0.1) is 5.02 Å². The highest BCUT2D eigenvalue weighted by Crippen LogP contribution is 2.24. The van der Waals surface area contributed by atoms with Crippen LogP contribution in [-0.2, 0) is 6.42 Å². The Hall–Kier alpha value is -0.900. The van der Waals surface area contributed by atoms with E-state index in [1.807, 2.05) is 7.05 Å². The Balaban J connectivity index is 2.05. The van der Waals surface area contributed by atoms with Crippen molar-refractivity contribution in [2.75, 3.05) is 7.05 Å². The molecule has 96 valence electrons. The predicted octanol–water partition coefficient (Wildman–Crippen LogP) is 4.43. The first kappa shape index (κ1) is 13.5. The van der Waals surface area contributed by atoms with Crippen molar-refractivity contribution in [3.63, 3.8) is 0 Å². The van der Waals surface area contributed by atoms with Gasteiger partial charge in [0.2, 0.25) is 0 Å². The maximum Gasteiger partial charge on any atom is 0.141 e. The van der Waals surface area contributed by atoms with Crippen molar-refractivity contribution in [3.8, 4) is 0 Å². The highest BCUT2D eigenvalue weighted by Gasteiger charge is 2.11. The van der Waals surface area contributed by atoms with Crippen LogP contribution in [0.5, 0.6) is 0 Å². The van der Waals surface area contributed by atoms with Crippen molar-refractivity contribution >= 4 is 22.9 Å². The largest absolute Gasteiger partial charge is 0.313 e. The normalized spacial score (nSPS) is 12.6. The second-order valence-electron chi connectivity index (χ2n) is 4.13. The van der Waals surface area contributed by atoms with Crippen LogP contribution in [0.1, 0.15) is 22.9 Å². The van der Waals surface area contributed by atoms with Crippen LogP contribution in [0.4, 0.5) is 4.39 Å². The van der Waals surface area contributed by atoms with E-state index < -0.39 is 0 Å². The number of aryl methyl sites for hydroxylation is 1. The molecule has 2 aromatic rings. The lowest BCUT2D eigenvalue weighted by atomic mass is 10.0. The maximum atomic E-state index is 13.1. The summed E-state index contributed by atoms with van der Waals surface area (Å²) in [6, 6.07) is 9.31. The molecule has 0 saturated carbocycles. The van der Waals surface area contributed by atoms with Gasteiger partial charge in [-0.25, -0.2) is 4.39 Å². The topological polar surface area (TPSA) is 12.0 Å². The van der Waals surface area contributed by atoms with Gasteiger partial charge in [-0.05, 0) is 49.0 Å². The van der Waals surface area contributed by atoms with E-state index in [-0.39, 0.29) is 16.9 Å². The van der Waals surface area contributed by atoms with Gasteiger partial charge in [0.15, 0.2) is 0 Å². The van der Waals surface area contributed by atoms with E-state index in [9.17, 15) is 4.39 Å². The SMILES string of the molecule is CNC(CCc1cccs1)c1ccc(F)c(Cl)c1. The fourth-order valence-corrected chi connectivity index (χ4v) is 2.86. The molecule has 0 amide bonds. The molecule has 1 unspecified atom stereocenters. The average Bonchev–Trinajstić information content (AvgIpc) is 2.87. The van der Waals surface area contributed by atoms with E-state index >= 15 is 0 Å². The van der Waals surface area contributed by atoms with E-state index in [1.165, 1.54) is 10.9 Å². The molecule has 1 heterocycles. The van der Waals surface area contributed by atoms with Crippen LogP contribution in [0.15, 0.2) is 35.7 Å². The van der Waals surface area contributed by atoms with Crippen LogP contribution in [0.2, 0.25) is 5.02 Å². The Kier molecular flexibility index (Phi) is 4.75. The van der Waals surface area contributed by atoms with Crippen LogP contribution in [0.3, 0.4) is 0 Å². The number of rotatable bonds is 5. The van der Waals surface area contributed by atoms with E-state index in [4.69, 9.17) is 11.6 Å². The summed E-state index contributed by atoms with van der Waals surface area (Å²) in [5.41, 5.74) is 1.03. The van der Waals surface area contributed by atoms with Crippen LogP contribution in [0, 0.1) is 5.82 Å². The highest BCUT2D eigenvalue weighted by molar-refractivity contribution is 7.09. The van der Waals surface area contributed by atoms with Gasteiger partial charge in [-0.3, -0.25) is 0 Å². The van der Waals surface area contributed by atoms with Gasteiger partial charge in [0.1, 0.15) is 5.82 Å². The van der Waals surface area contributed by atoms with E-state index in [2.05, 4.69) is 22.8 Å². The van der Waals surface area contributed by atoms with Crippen molar-refractivity contribution < 1.29 is 4.39 Å². The Morgan fingerprint density at radius 3 is 2.83 bits per heavy atom. The average molecular weight is 284 g/mol. The minimum absolute atomic E-state index is 0.184. The molecule has 0 saturated heterocycles. The van der Waals surface area contributed by atoms with Crippen LogP contribution in [-0.4, -0.2) is 7.05 Å². The molecule has 0 spiro atoms. The molecule has 1 nitrogen and oxygen atoms in total. The third-order valence-corrected chi connectivity index (χ3v) is 4.18. The fraction of sp³-hybridized carbons (Fsp3) is 0.286. The number of thiophene rings is 1. The first-order valence-electron chi connectivity index (χ1n) is 5.85. The summed E-state index contributed by atoms with van der Waals surface area (Å²) in [7, 11) is 1.91. The summed E-state index contributed by atoms with van der Waals surface area (Å²) in [6.45, 7) is 0. The predicted molar refractivity (Wildman–Crippen MR) is 75.9 cm³/mol. The van der Waals surface area contributed by atoms with E-state index in [1.54, 1.807) is 23.5 Å². The quantitative estimate of drug-likeness (QED) is 0.856. The van der Waals surface area contributed by atoms with E-state index in [0.29, 0.717) is 0 Å². The molecule has 1 atom stereocenters. The van der Waals surface area contributed by atoms with Gasteiger partial charge in [-0.2, -0.15) is 0 Å². The lowest BCUT2D eigenvalue weighted by Crippen LogP contribution is -2.17. The Morgan fingerprint density at radius 2 is 2.22 bits per heavy atom. The number of nitrogens with one attached hydrogen (secondary N) is 1. The van der Waals surface area contributed by atoms with Gasteiger partial charge >= 0.3 is 0 Å². The molecule has 0 bridgehead atoms. The molecule has 0 aliphatic carbocycles. The number of halogens is 2. The molecule has 1 aromatic carbocycles. The first-order chi connectivity index (χ1) is 8.70. The summed E-state index contributed by atoms with van der Waals surface area (Å²) in [6.07, 6.45) is 1.98. The summed E-state index contributed by atoms with van der Waals surface area (Å²) in [4.78, 5) is 1.36. The Bertz CT molecular complexity index is 499. The Morgan fingerprint density at radius 1 is 1.39 bits per heavy atom. The monoisotopic (exact) mass is 283 g/mol. The van der Waals surface area contributed by atoms with Gasteiger partial charge < -0.3 is 5.32 Å². The van der Waals surface area contributed by atoms with Gasteiger partial charge in [-0.1, -0.05) is 23.7 Å². The standard InChI is InChI=1S/C14H15ClFNS/c1-17-14(7-5-11-3-2-8-18-11)10-4-6-13(16)12(15)9-10/h2-4,6,8-9,14,17H,5,7H2,1H3. The lowest BCUT2D eigenvalue weighted by Gasteiger charge is -2.16. The Labute approximate surface area is 116 Å². The summed E-state index contributed by atoms with van der Waals surface area (Å²) < 4.78 is 13.1. The minimum atomic E-state index is -0.367. The molecule has 0 aliphatic rings. The lowest BCUT2D eigenvalue weighted by molar-refractivity contribution is 0.549.